The lowest BCUT2D eigenvalue weighted by Crippen LogP contribution is -2.04. The Bertz CT molecular complexity index is 265. The fourth-order valence-electron chi connectivity index (χ4n) is 0.731. The Morgan fingerprint density at radius 2 is 2.23 bits per heavy atom. The number of alkyl halides is 1. The Balaban J connectivity index is 0.00000144. The zero-order chi connectivity index (χ0) is 8.81. The quantitative estimate of drug-likeness (QED) is 0.601. The molecule has 0 radical (unpaired) electrons. The number of H-pyrrole nitrogens is 1. The summed E-state index contributed by atoms with van der Waals surface area (Å²) in [6.45, 7) is 0.579. The molecule has 0 atom stereocenters. The van der Waals surface area contributed by atoms with Crippen LogP contribution in [0.1, 0.15) is 13.8 Å². The smallest absolute Gasteiger partial charge is 0.248 e. The molecule has 4 heteroatoms. The average molecular weight is 204 g/mol. The molecule has 0 amide bonds. The van der Waals surface area contributed by atoms with E-state index in [0.29, 0.717) is 18.2 Å². The molecule has 0 aromatic carbocycles. The summed E-state index contributed by atoms with van der Waals surface area (Å²) in [4.78, 5) is 13.1. The second kappa shape index (κ2) is 6.54. The maximum Gasteiger partial charge on any atom is 0.248 e. The maximum atomic E-state index is 10.6. The van der Waals surface area contributed by atoms with Gasteiger partial charge in [0, 0.05) is 18.1 Å². The molecule has 0 spiro atoms. The predicted molar refractivity (Wildman–Crippen MR) is 54.6 cm³/mol. The highest BCUT2D eigenvalue weighted by Gasteiger charge is 1.91. The second-order valence-electron chi connectivity index (χ2n) is 2.28. The molecule has 1 aromatic rings. The van der Waals surface area contributed by atoms with Gasteiger partial charge in [-0.2, -0.15) is 0 Å². The number of pyridine rings is 1. The molecule has 0 bridgehead atoms. The first-order chi connectivity index (χ1) is 5.83. The van der Waals surface area contributed by atoms with Gasteiger partial charge in [0.25, 0.3) is 0 Å². The highest BCUT2D eigenvalue weighted by molar-refractivity contribution is 6.17. The number of nitrogens with one attached hydrogen (secondary N) is 1. The van der Waals surface area contributed by atoms with E-state index in [2.05, 4.69) is 4.98 Å². The van der Waals surface area contributed by atoms with Crippen molar-refractivity contribution < 1.29 is 4.74 Å². The molecular formula is C9H14ClNO2. The van der Waals surface area contributed by atoms with E-state index >= 15 is 0 Å². The van der Waals surface area contributed by atoms with Crippen LogP contribution >= 0.6 is 11.6 Å². The van der Waals surface area contributed by atoms with Gasteiger partial charge in [0.15, 0.2) is 0 Å². The van der Waals surface area contributed by atoms with Gasteiger partial charge in [-0.05, 0) is 12.5 Å². The van der Waals surface area contributed by atoms with Crippen molar-refractivity contribution in [1.29, 1.82) is 0 Å². The van der Waals surface area contributed by atoms with Gasteiger partial charge in [-0.15, -0.1) is 11.6 Å². The predicted octanol–water partition coefficient (Wildman–Crippen LogP) is 2.02. The Morgan fingerprint density at radius 3 is 2.77 bits per heavy atom. The lowest BCUT2D eigenvalue weighted by Gasteiger charge is -2.02. The normalized spacial score (nSPS) is 9.00. The Kier molecular flexibility index (Phi) is 6.06. The summed E-state index contributed by atoms with van der Waals surface area (Å²) in [5.74, 6) is 1.25. The van der Waals surface area contributed by atoms with Crippen molar-refractivity contribution in [1.82, 2.24) is 4.98 Å². The molecule has 0 fully saturated rings. The fraction of sp³-hybridized carbons (Fsp3) is 0.444. The van der Waals surface area contributed by atoms with Crippen LogP contribution in [-0.4, -0.2) is 17.5 Å². The number of rotatable bonds is 4. The van der Waals surface area contributed by atoms with Gasteiger partial charge >= 0.3 is 0 Å². The molecule has 0 aliphatic heterocycles. The zero-order valence-corrected chi connectivity index (χ0v) is 7.30. The third-order valence-electron chi connectivity index (χ3n) is 1.30. The van der Waals surface area contributed by atoms with Crippen LogP contribution in [-0.2, 0) is 0 Å². The van der Waals surface area contributed by atoms with Crippen molar-refractivity contribution in [2.45, 2.75) is 13.8 Å². The molecule has 0 unspecified atom stereocenters. The van der Waals surface area contributed by atoms with Gasteiger partial charge < -0.3 is 9.72 Å². The molecular weight excluding hydrogens is 190 g/mol. The summed E-state index contributed by atoms with van der Waals surface area (Å²) >= 11 is 5.46. The van der Waals surface area contributed by atoms with E-state index in [0.717, 1.165) is 6.42 Å². The highest BCUT2D eigenvalue weighted by Crippen LogP contribution is 2.04. The Labute approximate surface area is 82.7 Å². The van der Waals surface area contributed by atoms with Crippen LogP contribution < -0.4 is 10.3 Å². The van der Waals surface area contributed by atoms with Crippen molar-refractivity contribution in [3.05, 3.63) is 28.7 Å². The van der Waals surface area contributed by atoms with Gasteiger partial charge in [-0.1, -0.05) is 7.43 Å². The monoisotopic (exact) mass is 203 g/mol. The van der Waals surface area contributed by atoms with E-state index in [4.69, 9.17) is 16.3 Å². The number of halogens is 1. The molecule has 13 heavy (non-hydrogen) atoms. The van der Waals surface area contributed by atoms with Crippen molar-refractivity contribution in [3.63, 3.8) is 0 Å². The summed E-state index contributed by atoms with van der Waals surface area (Å²) < 4.78 is 5.25. The summed E-state index contributed by atoms with van der Waals surface area (Å²) in [6, 6.07) is 3.06. The first-order valence-electron chi connectivity index (χ1n) is 3.70. The van der Waals surface area contributed by atoms with E-state index in [1.54, 1.807) is 6.07 Å². The number of aromatic amines is 1. The number of hydrogen-bond acceptors (Lipinski definition) is 2. The maximum absolute atomic E-state index is 10.6. The van der Waals surface area contributed by atoms with Crippen molar-refractivity contribution >= 4 is 11.6 Å². The molecule has 1 rings (SSSR count). The van der Waals surface area contributed by atoms with Crippen LogP contribution in [0.5, 0.6) is 5.75 Å². The van der Waals surface area contributed by atoms with Gasteiger partial charge in [-0.3, -0.25) is 4.79 Å². The minimum absolute atomic E-state index is 0. The molecule has 0 saturated heterocycles. The van der Waals surface area contributed by atoms with E-state index in [1.807, 2.05) is 0 Å². The van der Waals surface area contributed by atoms with Gasteiger partial charge in [-0.25, -0.2) is 0 Å². The second-order valence-corrected chi connectivity index (χ2v) is 2.66. The van der Waals surface area contributed by atoms with Crippen molar-refractivity contribution in [2.24, 2.45) is 0 Å². The third kappa shape index (κ3) is 4.58. The zero-order valence-electron chi connectivity index (χ0n) is 6.55. The third-order valence-corrected chi connectivity index (χ3v) is 1.57. The summed E-state index contributed by atoms with van der Waals surface area (Å²) in [7, 11) is 0. The molecule has 0 aliphatic carbocycles. The fourth-order valence-corrected chi connectivity index (χ4v) is 0.840. The number of hydrogen-bond donors (Lipinski definition) is 1. The minimum Gasteiger partial charge on any atom is -0.492 e. The summed E-state index contributed by atoms with van der Waals surface area (Å²) in [5, 5.41) is 0. The average Bonchev–Trinajstić information content (AvgIpc) is 2.09. The molecule has 1 aromatic heterocycles. The van der Waals surface area contributed by atoms with E-state index in [-0.39, 0.29) is 13.0 Å². The van der Waals surface area contributed by atoms with Crippen LogP contribution in [0.25, 0.3) is 0 Å². The van der Waals surface area contributed by atoms with E-state index in [1.165, 1.54) is 12.3 Å². The molecule has 1 heterocycles. The van der Waals surface area contributed by atoms with Crippen LogP contribution in [0, 0.1) is 0 Å². The summed E-state index contributed by atoms with van der Waals surface area (Å²) in [5.41, 5.74) is -0.125. The Morgan fingerprint density at radius 1 is 1.46 bits per heavy atom. The van der Waals surface area contributed by atoms with E-state index in [9.17, 15) is 4.79 Å². The first kappa shape index (κ1) is 12.0. The van der Waals surface area contributed by atoms with Crippen LogP contribution in [0.4, 0.5) is 0 Å². The van der Waals surface area contributed by atoms with Crippen LogP contribution in [0.3, 0.4) is 0 Å². The largest absolute Gasteiger partial charge is 0.492 e. The van der Waals surface area contributed by atoms with Crippen molar-refractivity contribution in [3.8, 4) is 5.75 Å². The molecule has 74 valence electrons. The van der Waals surface area contributed by atoms with Crippen molar-refractivity contribution in [2.75, 3.05) is 12.5 Å². The topological polar surface area (TPSA) is 42.1 Å². The molecule has 0 aliphatic rings. The Hall–Kier alpha value is -0.960. The van der Waals surface area contributed by atoms with Crippen LogP contribution in [0.15, 0.2) is 23.1 Å². The van der Waals surface area contributed by atoms with Gasteiger partial charge in [0.1, 0.15) is 5.75 Å². The number of aromatic nitrogens is 1. The lowest BCUT2D eigenvalue weighted by molar-refractivity contribution is 0.317. The SMILES string of the molecule is C.O=c1ccc(OCCCCl)c[nH]1. The number of ether oxygens (including phenoxy) is 1. The van der Waals surface area contributed by atoms with Gasteiger partial charge in [0.2, 0.25) is 5.56 Å². The minimum atomic E-state index is -0.125. The van der Waals surface area contributed by atoms with Crippen LogP contribution in [0.2, 0.25) is 0 Å². The molecule has 3 nitrogen and oxygen atoms in total. The lowest BCUT2D eigenvalue weighted by atomic mass is 10.4. The van der Waals surface area contributed by atoms with E-state index < -0.39 is 0 Å². The summed E-state index contributed by atoms with van der Waals surface area (Å²) in [6.07, 6.45) is 2.34. The van der Waals surface area contributed by atoms with Gasteiger partial charge in [0.05, 0.1) is 6.61 Å². The molecule has 0 saturated carbocycles. The standard InChI is InChI=1S/C8H10ClNO2.CH4/c9-4-1-5-12-7-2-3-8(11)10-6-7;/h2-3,6H,1,4-5H2,(H,10,11);1H4. The highest BCUT2D eigenvalue weighted by atomic mass is 35.5. The molecule has 1 N–H and O–H groups in total. The first-order valence-corrected chi connectivity index (χ1v) is 4.24.